The lowest BCUT2D eigenvalue weighted by Crippen LogP contribution is -2.32. The van der Waals surface area contributed by atoms with Crippen LogP contribution in [0.4, 0.5) is 5.13 Å². The van der Waals surface area contributed by atoms with Gasteiger partial charge in [0.2, 0.25) is 5.13 Å². The van der Waals surface area contributed by atoms with Crippen molar-refractivity contribution in [3.63, 3.8) is 0 Å². The molecule has 0 aliphatic heterocycles. The van der Waals surface area contributed by atoms with Gasteiger partial charge in [-0.3, -0.25) is 4.79 Å². The summed E-state index contributed by atoms with van der Waals surface area (Å²) >= 11 is 1.33. The van der Waals surface area contributed by atoms with E-state index < -0.39 is 5.97 Å². The average Bonchev–Trinajstić information content (AvgIpc) is 2.65. The molecule has 0 bridgehead atoms. The fourth-order valence-electron chi connectivity index (χ4n) is 1.30. The van der Waals surface area contributed by atoms with E-state index >= 15 is 0 Å². The quantitative estimate of drug-likeness (QED) is 0.825. The number of carbonyl (C=O) groups is 1. The molecule has 1 aromatic rings. The zero-order valence-corrected chi connectivity index (χ0v) is 10.6. The topological polar surface area (TPSA) is 66.3 Å². The van der Waals surface area contributed by atoms with Gasteiger partial charge in [-0.1, -0.05) is 6.92 Å². The zero-order valence-electron chi connectivity index (χ0n) is 9.80. The molecule has 0 unspecified atom stereocenters. The molecule has 1 rings (SSSR count). The van der Waals surface area contributed by atoms with E-state index in [1.807, 2.05) is 25.7 Å². The number of aliphatic carboxylic acids is 1. The molecule has 0 fully saturated rings. The predicted molar refractivity (Wildman–Crippen MR) is 64.0 cm³/mol. The van der Waals surface area contributed by atoms with Crippen molar-refractivity contribution in [2.24, 2.45) is 0 Å². The van der Waals surface area contributed by atoms with Crippen LogP contribution in [-0.4, -0.2) is 33.0 Å². The molecule has 0 aliphatic rings. The molecule has 90 valence electrons. The Morgan fingerprint density at radius 3 is 2.69 bits per heavy atom. The smallest absolute Gasteiger partial charge is 0.305 e. The Morgan fingerprint density at radius 2 is 2.25 bits per heavy atom. The number of aryl methyl sites for hydroxylation is 1. The summed E-state index contributed by atoms with van der Waals surface area (Å²) in [5.74, 6) is 0.0341. The molecule has 0 radical (unpaired) electrons. The second-order valence-corrected chi connectivity index (χ2v) is 4.51. The molecule has 0 saturated carbocycles. The molecule has 0 atom stereocenters. The van der Waals surface area contributed by atoms with Crippen LogP contribution < -0.4 is 4.90 Å². The van der Waals surface area contributed by atoms with Gasteiger partial charge in [-0.25, -0.2) is 4.98 Å². The number of hydrogen-bond donors (Lipinski definition) is 1. The van der Waals surface area contributed by atoms with Gasteiger partial charge in [-0.15, -0.1) is 0 Å². The van der Waals surface area contributed by atoms with Gasteiger partial charge in [0, 0.05) is 30.5 Å². The van der Waals surface area contributed by atoms with Crippen LogP contribution in [0.25, 0.3) is 0 Å². The van der Waals surface area contributed by atoms with E-state index in [2.05, 4.69) is 9.36 Å². The molecule has 5 nitrogen and oxygen atoms in total. The van der Waals surface area contributed by atoms with Gasteiger partial charge in [0.1, 0.15) is 5.82 Å². The van der Waals surface area contributed by atoms with Crippen molar-refractivity contribution in [2.45, 2.75) is 39.7 Å². The van der Waals surface area contributed by atoms with Crippen molar-refractivity contribution in [3.05, 3.63) is 5.82 Å². The van der Waals surface area contributed by atoms with Gasteiger partial charge >= 0.3 is 5.97 Å². The molecule has 0 aromatic carbocycles. The number of anilines is 1. The van der Waals surface area contributed by atoms with E-state index in [4.69, 9.17) is 5.11 Å². The third-order valence-electron chi connectivity index (χ3n) is 2.21. The van der Waals surface area contributed by atoms with Crippen molar-refractivity contribution < 1.29 is 9.90 Å². The highest BCUT2D eigenvalue weighted by Gasteiger charge is 2.16. The summed E-state index contributed by atoms with van der Waals surface area (Å²) in [4.78, 5) is 16.9. The summed E-state index contributed by atoms with van der Waals surface area (Å²) < 4.78 is 4.21. The van der Waals surface area contributed by atoms with Crippen LogP contribution in [0.15, 0.2) is 0 Å². The van der Waals surface area contributed by atoms with E-state index in [9.17, 15) is 4.79 Å². The Hall–Kier alpha value is -1.17. The lowest BCUT2D eigenvalue weighted by atomic mass is 10.3. The summed E-state index contributed by atoms with van der Waals surface area (Å²) in [7, 11) is 0. The number of carboxylic acid groups (broad SMARTS) is 1. The van der Waals surface area contributed by atoms with Crippen LogP contribution >= 0.6 is 11.5 Å². The van der Waals surface area contributed by atoms with Crippen LogP contribution in [0.3, 0.4) is 0 Å². The van der Waals surface area contributed by atoms with Gasteiger partial charge < -0.3 is 10.0 Å². The normalized spacial score (nSPS) is 10.8. The van der Waals surface area contributed by atoms with Crippen molar-refractivity contribution >= 4 is 22.6 Å². The number of nitrogens with zero attached hydrogens (tertiary/aromatic N) is 3. The third-order valence-corrected chi connectivity index (χ3v) is 3.00. The van der Waals surface area contributed by atoms with E-state index in [1.54, 1.807) is 0 Å². The summed E-state index contributed by atoms with van der Waals surface area (Å²) in [5, 5.41) is 9.50. The molecule has 0 aliphatic carbocycles. The molecular formula is C10H17N3O2S. The standard InChI is InChI=1S/C10H17N3O2S/c1-4-8-11-10(16-12-8)13(7(2)3)6-5-9(14)15/h7H,4-6H2,1-3H3,(H,14,15). The van der Waals surface area contributed by atoms with Gasteiger partial charge in [0.15, 0.2) is 0 Å². The van der Waals surface area contributed by atoms with Crippen molar-refractivity contribution in [3.8, 4) is 0 Å². The number of rotatable bonds is 6. The molecule has 0 amide bonds. The van der Waals surface area contributed by atoms with Crippen LogP contribution in [0, 0.1) is 0 Å². The van der Waals surface area contributed by atoms with Crippen molar-refractivity contribution in [1.82, 2.24) is 9.36 Å². The Kier molecular flexibility index (Phi) is 4.67. The van der Waals surface area contributed by atoms with Gasteiger partial charge in [0.25, 0.3) is 0 Å². The average molecular weight is 243 g/mol. The van der Waals surface area contributed by atoms with Crippen LogP contribution in [0.5, 0.6) is 0 Å². The Morgan fingerprint density at radius 1 is 1.56 bits per heavy atom. The molecule has 1 aromatic heterocycles. The maximum absolute atomic E-state index is 10.6. The minimum Gasteiger partial charge on any atom is -0.481 e. The maximum Gasteiger partial charge on any atom is 0.305 e. The molecule has 1 N–H and O–H groups in total. The summed E-state index contributed by atoms with van der Waals surface area (Å²) in [5.41, 5.74) is 0. The highest BCUT2D eigenvalue weighted by Crippen LogP contribution is 2.20. The zero-order chi connectivity index (χ0) is 12.1. The van der Waals surface area contributed by atoms with Gasteiger partial charge in [0.05, 0.1) is 6.42 Å². The Labute approximate surface area is 99.3 Å². The fraction of sp³-hybridized carbons (Fsp3) is 0.700. The molecule has 16 heavy (non-hydrogen) atoms. The second kappa shape index (κ2) is 5.79. The first-order chi connectivity index (χ1) is 7.54. The van der Waals surface area contributed by atoms with Crippen molar-refractivity contribution in [1.29, 1.82) is 0 Å². The van der Waals surface area contributed by atoms with Gasteiger partial charge in [-0.05, 0) is 13.8 Å². The van der Waals surface area contributed by atoms with Crippen LogP contribution in [0.1, 0.15) is 33.0 Å². The fourth-order valence-corrected chi connectivity index (χ4v) is 2.21. The lowest BCUT2D eigenvalue weighted by Gasteiger charge is -2.24. The molecule has 6 heteroatoms. The SMILES string of the molecule is CCc1nsc(N(CCC(=O)O)C(C)C)n1. The molecule has 0 saturated heterocycles. The number of carboxylic acids is 1. The first kappa shape index (κ1) is 12.9. The summed E-state index contributed by atoms with van der Waals surface area (Å²) in [6, 6.07) is 0.233. The van der Waals surface area contributed by atoms with E-state index in [0.29, 0.717) is 6.54 Å². The predicted octanol–water partition coefficient (Wildman–Crippen LogP) is 1.79. The maximum atomic E-state index is 10.6. The largest absolute Gasteiger partial charge is 0.481 e. The minimum atomic E-state index is -0.786. The summed E-state index contributed by atoms with van der Waals surface area (Å²) in [6.45, 7) is 6.53. The number of aromatic nitrogens is 2. The third kappa shape index (κ3) is 3.44. The molecule has 0 spiro atoms. The van der Waals surface area contributed by atoms with Crippen LogP contribution in [0.2, 0.25) is 0 Å². The Bertz CT molecular complexity index is 352. The monoisotopic (exact) mass is 243 g/mol. The van der Waals surface area contributed by atoms with Crippen LogP contribution in [-0.2, 0) is 11.2 Å². The first-order valence-electron chi connectivity index (χ1n) is 5.35. The lowest BCUT2D eigenvalue weighted by molar-refractivity contribution is -0.136. The minimum absolute atomic E-state index is 0.124. The Balaban J connectivity index is 2.72. The molecule has 1 heterocycles. The van der Waals surface area contributed by atoms with E-state index in [0.717, 1.165) is 17.4 Å². The highest BCUT2D eigenvalue weighted by molar-refractivity contribution is 7.09. The van der Waals surface area contributed by atoms with Crippen molar-refractivity contribution in [2.75, 3.05) is 11.4 Å². The van der Waals surface area contributed by atoms with Gasteiger partial charge in [-0.2, -0.15) is 4.37 Å². The number of hydrogen-bond acceptors (Lipinski definition) is 5. The highest BCUT2D eigenvalue weighted by atomic mass is 32.1. The van der Waals surface area contributed by atoms with E-state index in [1.165, 1.54) is 11.5 Å². The second-order valence-electron chi connectivity index (χ2n) is 3.78. The summed E-state index contributed by atoms with van der Waals surface area (Å²) in [6.07, 6.45) is 0.931. The first-order valence-corrected chi connectivity index (χ1v) is 6.13. The van der Waals surface area contributed by atoms with E-state index in [-0.39, 0.29) is 12.5 Å². The molecular weight excluding hydrogens is 226 g/mol.